The number of hydrogen-bond acceptors (Lipinski definition) is 4. The predicted octanol–water partition coefficient (Wildman–Crippen LogP) is 5.10. The van der Waals surface area contributed by atoms with Gasteiger partial charge >= 0.3 is 0 Å². The number of methoxy groups -OCH3 is 2. The second-order valence-corrected chi connectivity index (χ2v) is 8.26. The maximum absolute atomic E-state index is 13.6. The second kappa shape index (κ2) is 12.1. The summed E-state index contributed by atoms with van der Waals surface area (Å²) in [5.41, 5.74) is 2.57. The number of carbonyl (C=O) groups is 2. The number of amides is 2. The van der Waals surface area contributed by atoms with Gasteiger partial charge in [-0.3, -0.25) is 9.59 Å². The molecule has 35 heavy (non-hydrogen) atoms. The molecule has 7 heteroatoms. The molecule has 0 saturated heterocycles. The fraction of sp³-hybridized carbons (Fsp3) is 0.357. The molecule has 1 heterocycles. The van der Waals surface area contributed by atoms with Crippen molar-refractivity contribution < 1.29 is 19.1 Å². The van der Waals surface area contributed by atoms with Gasteiger partial charge in [0.1, 0.15) is 5.70 Å². The summed E-state index contributed by atoms with van der Waals surface area (Å²) < 4.78 is 12.8. The smallest absolute Gasteiger partial charge is 0.270 e. The number of aromatic nitrogens is 1. The molecule has 0 aliphatic carbocycles. The minimum Gasteiger partial charge on any atom is -0.493 e. The highest BCUT2D eigenvalue weighted by atomic mass is 16.5. The molecule has 0 aliphatic heterocycles. The molecule has 0 saturated carbocycles. The minimum absolute atomic E-state index is 0.198. The number of hydrogen-bond donors (Lipinski definition) is 1. The van der Waals surface area contributed by atoms with E-state index < -0.39 is 5.91 Å². The number of carbonyl (C=O) groups excluding carboxylic acids is 2. The maximum Gasteiger partial charge on any atom is 0.270 e. The van der Waals surface area contributed by atoms with Gasteiger partial charge in [-0.15, -0.1) is 0 Å². The molecule has 0 spiro atoms. The Hall–Kier alpha value is -3.74. The van der Waals surface area contributed by atoms with Crippen LogP contribution in [0, 0.1) is 0 Å². The molecule has 3 rings (SSSR count). The fourth-order valence-corrected chi connectivity index (χ4v) is 4.16. The van der Waals surface area contributed by atoms with E-state index in [0.717, 1.165) is 35.9 Å². The summed E-state index contributed by atoms with van der Waals surface area (Å²) in [5.74, 6) is 0.385. The van der Waals surface area contributed by atoms with Crippen molar-refractivity contribution in [3.05, 3.63) is 65.5 Å². The van der Waals surface area contributed by atoms with Crippen LogP contribution >= 0.6 is 0 Å². The average molecular weight is 478 g/mol. The molecule has 2 aromatic carbocycles. The number of rotatable bonds is 11. The van der Waals surface area contributed by atoms with Crippen LogP contribution in [0.25, 0.3) is 17.0 Å². The van der Waals surface area contributed by atoms with Gasteiger partial charge in [0, 0.05) is 47.9 Å². The van der Waals surface area contributed by atoms with E-state index in [2.05, 4.69) is 22.9 Å². The SMILES string of the molecule is CCCN(CCC)C(=O)/C(=C/c1cn(CC)c2ccccc12)NC(=O)c1ccc(OC)c(OC)c1. The Balaban J connectivity index is 2.05. The lowest BCUT2D eigenvalue weighted by molar-refractivity contribution is -0.127. The van der Waals surface area contributed by atoms with Crippen molar-refractivity contribution in [1.82, 2.24) is 14.8 Å². The van der Waals surface area contributed by atoms with E-state index in [4.69, 9.17) is 9.47 Å². The van der Waals surface area contributed by atoms with Crippen LogP contribution in [0.15, 0.2) is 54.4 Å². The zero-order valence-electron chi connectivity index (χ0n) is 21.3. The lowest BCUT2D eigenvalue weighted by atomic mass is 10.1. The van der Waals surface area contributed by atoms with E-state index in [9.17, 15) is 9.59 Å². The Morgan fingerprint density at radius 2 is 1.66 bits per heavy atom. The molecule has 0 atom stereocenters. The molecule has 2 amide bonds. The molecular weight excluding hydrogens is 442 g/mol. The van der Waals surface area contributed by atoms with Crippen molar-refractivity contribution in [1.29, 1.82) is 0 Å². The Morgan fingerprint density at radius 3 is 2.29 bits per heavy atom. The van der Waals surface area contributed by atoms with Crippen molar-refractivity contribution in [2.24, 2.45) is 0 Å². The van der Waals surface area contributed by atoms with Crippen LogP contribution in [-0.2, 0) is 11.3 Å². The van der Waals surface area contributed by atoms with Gasteiger partial charge in [0.15, 0.2) is 11.5 Å². The largest absolute Gasteiger partial charge is 0.493 e. The van der Waals surface area contributed by atoms with Crippen LogP contribution < -0.4 is 14.8 Å². The molecule has 0 bridgehead atoms. The van der Waals surface area contributed by atoms with Crippen LogP contribution in [0.1, 0.15) is 49.5 Å². The van der Waals surface area contributed by atoms with Gasteiger partial charge in [0.05, 0.1) is 14.2 Å². The summed E-state index contributed by atoms with van der Waals surface area (Å²) in [5, 5.41) is 3.91. The minimum atomic E-state index is -0.391. The van der Waals surface area contributed by atoms with E-state index in [1.165, 1.54) is 7.11 Å². The van der Waals surface area contributed by atoms with Gasteiger partial charge in [-0.25, -0.2) is 0 Å². The third kappa shape index (κ3) is 5.85. The van der Waals surface area contributed by atoms with Crippen LogP contribution in [0.5, 0.6) is 11.5 Å². The molecule has 0 radical (unpaired) electrons. The fourth-order valence-electron chi connectivity index (χ4n) is 4.16. The van der Waals surface area contributed by atoms with Gasteiger partial charge < -0.3 is 24.3 Å². The van der Waals surface area contributed by atoms with E-state index >= 15 is 0 Å². The average Bonchev–Trinajstić information content (AvgIpc) is 3.24. The number of fused-ring (bicyclic) bond motifs is 1. The quantitative estimate of drug-likeness (QED) is 0.390. The van der Waals surface area contributed by atoms with Crippen molar-refractivity contribution in [3.63, 3.8) is 0 Å². The van der Waals surface area contributed by atoms with Gasteiger partial charge in [0.25, 0.3) is 11.8 Å². The Morgan fingerprint density at radius 1 is 0.971 bits per heavy atom. The number of ether oxygens (including phenoxy) is 2. The Bertz CT molecular complexity index is 1210. The molecule has 3 aromatic rings. The van der Waals surface area contributed by atoms with Crippen LogP contribution in [0.3, 0.4) is 0 Å². The zero-order chi connectivity index (χ0) is 25.4. The first-order chi connectivity index (χ1) is 17.0. The van der Waals surface area contributed by atoms with Crippen molar-refractivity contribution >= 4 is 28.8 Å². The monoisotopic (exact) mass is 477 g/mol. The molecule has 0 unspecified atom stereocenters. The lowest BCUT2D eigenvalue weighted by Crippen LogP contribution is -2.39. The number of benzene rings is 2. The Kier molecular flexibility index (Phi) is 8.95. The molecule has 0 fully saturated rings. The lowest BCUT2D eigenvalue weighted by Gasteiger charge is -2.23. The number of aryl methyl sites for hydroxylation is 1. The highest BCUT2D eigenvalue weighted by molar-refractivity contribution is 6.06. The first kappa shape index (κ1) is 25.9. The van der Waals surface area contributed by atoms with Crippen LogP contribution in [0.2, 0.25) is 0 Å². The van der Waals surface area contributed by atoms with Crippen LogP contribution in [0.4, 0.5) is 0 Å². The van der Waals surface area contributed by atoms with Gasteiger partial charge in [-0.2, -0.15) is 0 Å². The van der Waals surface area contributed by atoms with Gasteiger partial charge in [-0.05, 0) is 50.1 Å². The van der Waals surface area contributed by atoms with E-state index in [0.29, 0.717) is 30.2 Å². The molecule has 186 valence electrons. The van der Waals surface area contributed by atoms with Crippen molar-refractivity contribution in [2.45, 2.75) is 40.2 Å². The molecular formula is C28H35N3O4. The summed E-state index contributed by atoms with van der Waals surface area (Å²) in [6.45, 7) is 8.19. The normalized spacial score (nSPS) is 11.4. The Labute approximate surface area is 207 Å². The number of nitrogens with zero attached hydrogens (tertiary/aromatic N) is 2. The molecule has 0 aliphatic rings. The summed E-state index contributed by atoms with van der Waals surface area (Å²) in [6.07, 6.45) is 5.47. The second-order valence-electron chi connectivity index (χ2n) is 8.26. The van der Waals surface area contributed by atoms with Crippen molar-refractivity contribution in [3.8, 4) is 11.5 Å². The van der Waals surface area contributed by atoms with Gasteiger partial charge in [0.2, 0.25) is 0 Å². The van der Waals surface area contributed by atoms with Crippen LogP contribution in [-0.4, -0.2) is 48.6 Å². The highest BCUT2D eigenvalue weighted by Crippen LogP contribution is 2.28. The van der Waals surface area contributed by atoms with E-state index in [1.807, 2.05) is 38.2 Å². The summed E-state index contributed by atoms with van der Waals surface area (Å²) in [4.78, 5) is 28.7. The van der Waals surface area contributed by atoms with E-state index in [-0.39, 0.29) is 11.6 Å². The zero-order valence-corrected chi connectivity index (χ0v) is 21.3. The van der Waals surface area contributed by atoms with Gasteiger partial charge in [-0.1, -0.05) is 32.0 Å². The number of para-hydroxylation sites is 1. The molecule has 1 N–H and O–H groups in total. The number of nitrogens with one attached hydrogen (secondary N) is 1. The standard InChI is InChI=1S/C28H35N3O4/c1-6-15-31(16-7-2)28(33)23(17-21-19-30(8-3)24-12-10-9-11-22(21)24)29-27(32)20-13-14-25(34-4)26(18-20)35-5/h9-14,17-19H,6-8,15-16H2,1-5H3,(H,29,32)/b23-17-. The van der Waals surface area contributed by atoms with E-state index in [1.54, 1.807) is 36.3 Å². The summed E-state index contributed by atoms with van der Waals surface area (Å²) in [7, 11) is 3.06. The highest BCUT2D eigenvalue weighted by Gasteiger charge is 2.21. The molecule has 7 nitrogen and oxygen atoms in total. The summed E-state index contributed by atoms with van der Waals surface area (Å²) >= 11 is 0. The summed E-state index contributed by atoms with van der Waals surface area (Å²) in [6, 6.07) is 13.0. The predicted molar refractivity (Wildman–Crippen MR) is 140 cm³/mol. The maximum atomic E-state index is 13.6. The van der Waals surface area contributed by atoms with Crippen molar-refractivity contribution in [2.75, 3.05) is 27.3 Å². The first-order valence-corrected chi connectivity index (χ1v) is 12.1. The molecule has 1 aromatic heterocycles. The first-order valence-electron chi connectivity index (χ1n) is 12.1. The third-order valence-electron chi connectivity index (χ3n) is 5.86. The topological polar surface area (TPSA) is 72.8 Å². The third-order valence-corrected chi connectivity index (χ3v) is 5.86.